The van der Waals surface area contributed by atoms with E-state index < -0.39 is 24.2 Å². The molecule has 1 amide bonds. The summed E-state index contributed by atoms with van der Waals surface area (Å²) in [4.78, 5) is 25.0. The van der Waals surface area contributed by atoms with Gasteiger partial charge in [-0.15, -0.1) is 0 Å². The summed E-state index contributed by atoms with van der Waals surface area (Å²) in [6.45, 7) is 1.64. The highest BCUT2D eigenvalue weighted by molar-refractivity contribution is 6.07. The van der Waals surface area contributed by atoms with Crippen molar-refractivity contribution < 1.29 is 36.6 Å². The standard InChI is InChI=1S/C24H22F4N2O4/c1-3-34-21(31)20-19(29-23(32)24(27,28)22(25)26)18(16-9-11-17(33-2)12-10-16)14-30(20)13-15-7-5-4-6-8-15/h4-12,14,22H,3,13H2,1-2H3,(H,29,32). The molecule has 10 heteroatoms. The normalized spacial score (nSPS) is 11.4. The van der Waals surface area contributed by atoms with Gasteiger partial charge in [-0.2, -0.15) is 8.78 Å². The number of nitrogens with one attached hydrogen (secondary N) is 1. The number of amides is 1. The molecule has 3 rings (SSSR count). The summed E-state index contributed by atoms with van der Waals surface area (Å²) in [6.07, 6.45) is -2.76. The van der Waals surface area contributed by atoms with Crippen molar-refractivity contribution in [3.05, 3.63) is 72.1 Å². The quantitative estimate of drug-likeness (QED) is 0.338. The minimum absolute atomic E-state index is 0.0339. The van der Waals surface area contributed by atoms with Gasteiger partial charge in [-0.1, -0.05) is 42.5 Å². The van der Waals surface area contributed by atoms with Gasteiger partial charge in [0.1, 0.15) is 5.75 Å². The third-order valence-corrected chi connectivity index (χ3v) is 4.96. The van der Waals surface area contributed by atoms with Gasteiger partial charge in [0.2, 0.25) is 0 Å². The van der Waals surface area contributed by atoms with Crippen LogP contribution < -0.4 is 10.1 Å². The van der Waals surface area contributed by atoms with Gasteiger partial charge in [-0.3, -0.25) is 4.79 Å². The Morgan fingerprint density at radius 2 is 1.71 bits per heavy atom. The van der Waals surface area contributed by atoms with E-state index in [-0.39, 0.29) is 30.1 Å². The molecule has 34 heavy (non-hydrogen) atoms. The van der Waals surface area contributed by atoms with Crippen LogP contribution in [0.4, 0.5) is 23.2 Å². The van der Waals surface area contributed by atoms with E-state index in [0.717, 1.165) is 5.56 Å². The number of methoxy groups -OCH3 is 1. The summed E-state index contributed by atoms with van der Waals surface area (Å²) >= 11 is 0. The van der Waals surface area contributed by atoms with Crippen LogP contribution in [0, 0.1) is 0 Å². The zero-order chi connectivity index (χ0) is 24.9. The van der Waals surface area contributed by atoms with Crippen molar-refractivity contribution >= 4 is 17.6 Å². The molecule has 6 nitrogen and oxygen atoms in total. The van der Waals surface area contributed by atoms with E-state index in [1.54, 1.807) is 61.5 Å². The van der Waals surface area contributed by atoms with Crippen molar-refractivity contribution in [2.75, 3.05) is 19.0 Å². The summed E-state index contributed by atoms with van der Waals surface area (Å²) in [5, 5.41) is 1.85. The Labute approximate surface area is 193 Å². The average Bonchev–Trinajstić information content (AvgIpc) is 3.17. The molecule has 1 N–H and O–H groups in total. The molecule has 0 atom stereocenters. The zero-order valence-corrected chi connectivity index (χ0v) is 18.4. The van der Waals surface area contributed by atoms with Crippen LogP contribution in [-0.2, 0) is 16.1 Å². The molecule has 180 valence electrons. The highest BCUT2D eigenvalue weighted by Crippen LogP contribution is 2.36. The molecule has 1 heterocycles. The number of anilines is 1. The van der Waals surface area contributed by atoms with Gasteiger partial charge in [0.05, 0.1) is 19.4 Å². The van der Waals surface area contributed by atoms with Crippen molar-refractivity contribution in [2.24, 2.45) is 0 Å². The number of nitrogens with zero attached hydrogens (tertiary/aromatic N) is 1. The second-order valence-corrected chi connectivity index (χ2v) is 7.21. The van der Waals surface area contributed by atoms with E-state index in [2.05, 4.69) is 0 Å². The maximum atomic E-state index is 13.8. The van der Waals surface area contributed by atoms with Crippen molar-refractivity contribution in [1.29, 1.82) is 0 Å². The molecule has 0 aliphatic heterocycles. The van der Waals surface area contributed by atoms with Gasteiger partial charge in [0, 0.05) is 18.3 Å². The van der Waals surface area contributed by atoms with Crippen molar-refractivity contribution in [3.8, 4) is 16.9 Å². The first-order chi connectivity index (χ1) is 16.2. The van der Waals surface area contributed by atoms with Crippen LogP contribution in [0.3, 0.4) is 0 Å². The van der Waals surface area contributed by atoms with Gasteiger partial charge < -0.3 is 19.4 Å². The highest BCUT2D eigenvalue weighted by Gasteiger charge is 2.49. The smallest absolute Gasteiger partial charge is 0.383 e. The number of carbonyl (C=O) groups excluding carboxylic acids is 2. The topological polar surface area (TPSA) is 69.6 Å². The van der Waals surface area contributed by atoms with Crippen molar-refractivity contribution in [2.45, 2.75) is 25.8 Å². The molecule has 0 saturated carbocycles. The van der Waals surface area contributed by atoms with Gasteiger partial charge in [0.25, 0.3) is 0 Å². The fraction of sp³-hybridized carbons (Fsp3) is 0.250. The van der Waals surface area contributed by atoms with Gasteiger partial charge in [-0.05, 0) is 30.2 Å². The maximum Gasteiger partial charge on any atom is 0.383 e. The average molecular weight is 478 g/mol. The minimum Gasteiger partial charge on any atom is -0.497 e. The Kier molecular flexibility index (Phi) is 7.60. The number of aromatic nitrogens is 1. The fourth-order valence-corrected chi connectivity index (χ4v) is 3.29. The first-order valence-electron chi connectivity index (χ1n) is 10.2. The van der Waals surface area contributed by atoms with Crippen LogP contribution in [0.15, 0.2) is 60.8 Å². The lowest BCUT2D eigenvalue weighted by atomic mass is 10.1. The molecule has 0 aliphatic rings. The maximum absolute atomic E-state index is 13.8. The predicted octanol–water partition coefficient (Wildman–Crippen LogP) is 5.23. The number of rotatable bonds is 9. The SMILES string of the molecule is CCOC(=O)c1c(NC(=O)C(F)(F)C(F)F)c(-c2ccc(OC)cc2)cn1Cc1ccccc1. The van der Waals surface area contributed by atoms with E-state index in [9.17, 15) is 27.2 Å². The minimum atomic E-state index is -4.97. The molecular weight excluding hydrogens is 456 g/mol. The van der Waals surface area contributed by atoms with E-state index in [4.69, 9.17) is 9.47 Å². The Morgan fingerprint density at radius 3 is 2.26 bits per heavy atom. The summed E-state index contributed by atoms with van der Waals surface area (Å²) in [5.74, 6) is -7.60. The molecular formula is C24H22F4N2O4. The van der Waals surface area contributed by atoms with Crippen LogP contribution in [-0.4, -0.2) is 42.5 Å². The third-order valence-electron chi connectivity index (χ3n) is 4.96. The first-order valence-corrected chi connectivity index (χ1v) is 10.2. The molecule has 0 fully saturated rings. The summed E-state index contributed by atoms with van der Waals surface area (Å²) < 4.78 is 64.8. The molecule has 2 aromatic carbocycles. The Morgan fingerprint density at radius 1 is 1.06 bits per heavy atom. The summed E-state index contributed by atoms with van der Waals surface area (Å²) in [5.41, 5.74) is 0.744. The molecule has 0 saturated heterocycles. The number of ether oxygens (including phenoxy) is 2. The van der Waals surface area contributed by atoms with Crippen LogP contribution in [0.2, 0.25) is 0 Å². The van der Waals surface area contributed by atoms with Gasteiger partial charge in [0.15, 0.2) is 5.69 Å². The highest BCUT2D eigenvalue weighted by atomic mass is 19.3. The van der Waals surface area contributed by atoms with E-state index in [0.29, 0.717) is 11.3 Å². The van der Waals surface area contributed by atoms with Gasteiger partial charge in [-0.25, -0.2) is 13.6 Å². The first kappa shape index (κ1) is 24.8. The summed E-state index contributed by atoms with van der Waals surface area (Å²) in [7, 11) is 1.46. The van der Waals surface area contributed by atoms with Crippen LogP contribution >= 0.6 is 0 Å². The number of esters is 1. The molecule has 3 aromatic rings. The molecule has 0 radical (unpaired) electrons. The molecule has 0 spiro atoms. The fourth-order valence-electron chi connectivity index (χ4n) is 3.29. The monoisotopic (exact) mass is 478 g/mol. The largest absolute Gasteiger partial charge is 0.497 e. The second-order valence-electron chi connectivity index (χ2n) is 7.21. The van der Waals surface area contributed by atoms with Gasteiger partial charge >= 0.3 is 24.2 Å². The molecule has 0 aliphatic carbocycles. The summed E-state index contributed by atoms with van der Waals surface area (Å²) in [6, 6.07) is 15.3. The lowest BCUT2D eigenvalue weighted by Crippen LogP contribution is -2.41. The van der Waals surface area contributed by atoms with Crippen molar-refractivity contribution in [3.63, 3.8) is 0 Å². The van der Waals surface area contributed by atoms with Crippen molar-refractivity contribution in [1.82, 2.24) is 4.57 Å². The molecule has 0 unspecified atom stereocenters. The lowest BCUT2D eigenvalue weighted by Gasteiger charge is -2.17. The zero-order valence-electron chi connectivity index (χ0n) is 18.4. The molecule has 1 aromatic heterocycles. The Hall–Kier alpha value is -3.82. The molecule has 0 bridgehead atoms. The van der Waals surface area contributed by atoms with Crippen LogP contribution in [0.5, 0.6) is 5.75 Å². The predicted molar refractivity (Wildman–Crippen MR) is 118 cm³/mol. The van der Waals surface area contributed by atoms with Crippen LogP contribution in [0.1, 0.15) is 23.0 Å². The number of hydrogen-bond acceptors (Lipinski definition) is 4. The second kappa shape index (κ2) is 10.4. The number of benzene rings is 2. The van der Waals surface area contributed by atoms with E-state index in [1.165, 1.54) is 17.9 Å². The number of alkyl halides is 4. The number of halogens is 4. The number of hydrogen-bond donors (Lipinski definition) is 1. The van der Waals surface area contributed by atoms with E-state index in [1.807, 2.05) is 5.32 Å². The third kappa shape index (κ3) is 5.22. The van der Waals surface area contributed by atoms with E-state index >= 15 is 0 Å². The number of carbonyl (C=O) groups is 2. The Bertz CT molecular complexity index is 1150. The Balaban J connectivity index is 2.19. The van der Waals surface area contributed by atoms with Crippen LogP contribution in [0.25, 0.3) is 11.1 Å². The lowest BCUT2D eigenvalue weighted by molar-refractivity contribution is -0.163.